The number of hydrogen-bond donors (Lipinski definition) is 3. The summed E-state index contributed by atoms with van der Waals surface area (Å²) >= 11 is 0. The molecule has 1 aliphatic carbocycles. The van der Waals surface area contributed by atoms with Crippen molar-refractivity contribution in [2.24, 2.45) is 0 Å². The van der Waals surface area contributed by atoms with E-state index in [9.17, 15) is 14.7 Å². The molecule has 0 radical (unpaired) electrons. The lowest BCUT2D eigenvalue weighted by atomic mass is 10.0. The zero-order chi connectivity index (χ0) is 18.6. The lowest BCUT2D eigenvalue weighted by Crippen LogP contribution is -2.44. The van der Waals surface area contributed by atoms with E-state index in [0.717, 1.165) is 25.9 Å². The van der Waals surface area contributed by atoms with Crippen molar-refractivity contribution in [1.82, 2.24) is 9.88 Å². The van der Waals surface area contributed by atoms with Crippen LogP contribution >= 0.6 is 0 Å². The minimum absolute atomic E-state index is 0.0225. The number of anilines is 2. The average Bonchev–Trinajstić information content (AvgIpc) is 3.45. The van der Waals surface area contributed by atoms with Gasteiger partial charge in [0.1, 0.15) is 5.56 Å². The molecule has 0 bridgehead atoms. The van der Waals surface area contributed by atoms with Crippen molar-refractivity contribution in [3.05, 3.63) is 33.4 Å². The Balaban J connectivity index is 2.09. The third-order valence-corrected chi connectivity index (χ3v) is 5.26. The number of aromatic carboxylic acids is 1. The number of nitrogens with zero attached hydrogens (tertiary/aromatic N) is 2. The predicted molar refractivity (Wildman–Crippen MR) is 97.6 cm³/mol. The zero-order valence-electron chi connectivity index (χ0n) is 14.5. The molecule has 4 N–H and O–H groups in total. The number of piperazine rings is 1. The first-order valence-corrected chi connectivity index (χ1v) is 8.77. The van der Waals surface area contributed by atoms with E-state index in [1.807, 2.05) is 4.90 Å². The summed E-state index contributed by atoms with van der Waals surface area (Å²) in [5.41, 5.74) is 6.27. The maximum atomic E-state index is 15.2. The number of nitrogens with two attached hydrogens (primary N) is 1. The van der Waals surface area contributed by atoms with Crippen LogP contribution in [0.1, 0.15) is 34.8 Å². The number of pyridine rings is 1. The molecule has 8 heteroatoms. The van der Waals surface area contributed by atoms with Gasteiger partial charge >= 0.3 is 5.97 Å². The molecule has 2 fully saturated rings. The van der Waals surface area contributed by atoms with Crippen LogP contribution in [0.2, 0.25) is 0 Å². The molecule has 138 valence electrons. The number of aromatic nitrogens is 1. The van der Waals surface area contributed by atoms with Crippen LogP contribution in [0, 0.1) is 12.7 Å². The van der Waals surface area contributed by atoms with Gasteiger partial charge in [0, 0.05) is 38.4 Å². The van der Waals surface area contributed by atoms with E-state index < -0.39 is 17.2 Å². The number of nitrogen functional groups attached to an aromatic ring is 1. The predicted octanol–water partition coefficient (Wildman–Crippen LogP) is 1.47. The van der Waals surface area contributed by atoms with Crippen molar-refractivity contribution in [3.8, 4) is 0 Å². The summed E-state index contributed by atoms with van der Waals surface area (Å²) in [5.74, 6) is -1.96. The molecule has 1 saturated heterocycles. The molecule has 1 saturated carbocycles. The summed E-state index contributed by atoms with van der Waals surface area (Å²) in [6.45, 7) is 4.54. The maximum Gasteiger partial charge on any atom is 0.341 e. The van der Waals surface area contributed by atoms with Crippen LogP contribution in [0.25, 0.3) is 10.9 Å². The van der Waals surface area contributed by atoms with Crippen LogP contribution in [-0.2, 0) is 0 Å². The second-order valence-corrected chi connectivity index (χ2v) is 6.98. The quantitative estimate of drug-likeness (QED) is 0.717. The van der Waals surface area contributed by atoms with Crippen molar-refractivity contribution in [1.29, 1.82) is 0 Å². The third kappa shape index (κ3) is 2.44. The Morgan fingerprint density at radius 1 is 1.35 bits per heavy atom. The standard InChI is InChI=1S/C18H21FN4O3/c1-9-15-12(14(20)13(19)16(9)22-6-4-21-5-7-22)17(24)11(18(25)26)8-23(15)10-2-3-10/h8,10,21H,2-7,20H2,1H3,(H,25,26). The summed E-state index contributed by atoms with van der Waals surface area (Å²) in [7, 11) is 0. The number of fused-ring (bicyclic) bond motifs is 1. The fraction of sp³-hybridized carbons (Fsp3) is 0.444. The van der Waals surface area contributed by atoms with Crippen LogP contribution in [-0.4, -0.2) is 41.8 Å². The average molecular weight is 360 g/mol. The second kappa shape index (κ2) is 5.98. The number of halogens is 1. The first-order chi connectivity index (χ1) is 12.4. The van der Waals surface area contributed by atoms with E-state index in [2.05, 4.69) is 5.32 Å². The highest BCUT2D eigenvalue weighted by Crippen LogP contribution is 2.42. The van der Waals surface area contributed by atoms with Crippen molar-refractivity contribution < 1.29 is 14.3 Å². The van der Waals surface area contributed by atoms with Gasteiger partial charge in [0.2, 0.25) is 5.43 Å². The van der Waals surface area contributed by atoms with Crippen molar-refractivity contribution in [2.75, 3.05) is 36.8 Å². The minimum Gasteiger partial charge on any atom is -0.477 e. The van der Waals surface area contributed by atoms with Gasteiger partial charge in [0.25, 0.3) is 0 Å². The van der Waals surface area contributed by atoms with E-state index in [1.54, 1.807) is 11.5 Å². The number of nitrogens with one attached hydrogen (secondary N) is 1. The van der Waals surface area contributed by atoms with Gasteiger partial charge in [-0.1, -0.05) is 0 Å². The monoisotopic (exact) mass is 360 g/mol. The Bertz CT molecular complexity index is 975. The number of carboxylic acids is 1. The largest absolute Gasteiger partial charge is 0.477 e. The number of hydrogen-bond acceptors (Lipinski definition) is 5. The molecule has 2 aromatic rings. The molecule has 4 rings (SSSR count). The topological polar surface area (TPSA) is 101 Å². The number of carbonyl (C=O) groups is 1. The normalized spacial score (nSPS) is 17.7. The van der Waals surface area contributed by atoms with E-state index in [1.165, 1.54) is 6.20 Å². The highest BCUT2D eigenvalue weighted by Gasteiger charge is 2.31. The van der Waals surface area contributed by atoms with Gasteiger partial charge < -0.3 is 25.6 Å². The SMILES string of the molecule is Cc1c(N2CCNCC2)c(F)c(N)c2c(=O)c(C(=O)O)cn(C3CC3)c12. The minimum atomic E-state index is -1.32. The van der Waals surface area contributed by atoms with Gasteiger partial charge in [-0.15, -0.1) is 0 Å². The second-order valence-electron chi connectivity index (χ2n) is 6.98. The molecule has 0 atom stereocenters. The third-order valence-electron chi connectivity index (χ3n) is 5.26. The molecule has 0 spiro atoms. The molecular formula is C18H21FN4O3. The van der Waals surface area contributed by atoms with Gasteiger partial charge in [-0.05, 0) is 25.3 Å². The first-order valence-electron chi connectivity index (χ1n) is 8.77. The summed E-state index contributed by atoms with van der Waals surface area (Å²) in [4.78, 5) is 26.1. The number of benzene rings is 1. The van der Waals surface area contributed by atoms with Crippen LogP contribution in [0.15, 0.2) is 11.0 Å². The molecule has 1 aromatic carbocycles. The molecule has 2 heterocycles. The number of carboxylic acid groups (broad SMARTS) is 1. The lowest BCUT2D eigenvalue weighted by molar-refractivity contribution is 0.0695. The summed E-state index contributed by atoms with van der Waals surface area (Å²) in [6.07, 6.45) is 3.18. The number of aryl methyl sites for hydroxylation is 1. The highest BCUT2D eigenvalue weighted by atomic mass is 19.1. The Labute approximate surface area is 149 Å². The van der Waals surface area contributed by atoms with Gasteiger partial charge in [0.15, 0.2) is 5.82 Å². The van der Waals surface area contributed by atoms with Crippen molar-refractivity contribution in [2.45, 2.75) is 25.8 Å². The van der Waals surface area contributed by atoms with Crippen LogP contribution < -0.4 is 21.4 Å². The van der Waals surface area contributed by atoms with Gasteiger partial charge in [-0.3, -0.25) is 4.79 Å². The molecule has 2 aliphatic rings. The van der Waals surface area contributed by atoms with Gasteiger partial charge in [-0.25, -0.2) is 9.18 Å². The molecular weight excluding hydrogens is 339 g/mol. The van der Waals surface area contributed by atoms with E-state index >= 15 is 4.39 Å². The fourth-order valence-corrected chi connectivity index (χ4v) is 3.84. The lowest BCUT2D eigenvalue weighted by Gasteiger charge is -2.32. The Morgan fingerprint density at radius 2 is 2.00 bits per heavy atom. The Hall–Kier alpha value is -2.61. The number of rotatable bonds is 3. The van der Waals surface area contributed by atoms with E-state index in [-0.39, 0.29) is 22.7 Å². The smallest absolute Gasteiger partial charge is 0.341 e. The Kier molecular flexibility index (Phi) is 3.87. The van der Waals surface area contributed by atoms with Gasteiger partial charge in [-0.2, -0.15) is 0 Å². The summed E-state index contributed by atoms with van der Waals surface area (Å²) in [5, 5.41) is 12.6. The fourth-order valence-electron chi connectivity index (χ4n) is 3.84. The van der Waals surface area contributed by atoms with Crippen molar-refractivity contribution in [3.63, 3.8) is 0 Å². The molecule has 0 unspecified atom stereocenters. The van der Waals surface area contributed by atoms with E-state index in [0.29, 0.717) is 29.9 Å². The van der Waals surface area contributed by atoms with Crippen LogP contribution in [0.4, 0.5) is 15.8 Å². The Morgan fingerprint density at radius 3 is 2.58 bits per heavy atom. The van der Waals surface area contributed by atoms with Crippen molar-refractivity contribution >= 4 is 28.2 Å². The summed E-state index contributed by atoms with van der Waals surface area (Å²) < 4.78 is 17.0. The molecule has 1 aliphatic heterocycles. The zero-order valence-corrected chi connectivity index (χ0v) is 14.5. The summed E-state index contributed by atoms with van der Waals surface area (Å²) in [6, 6.07) is 0.121. The molecule has 7 nitrogen and oxygen atoms in total. The molecule has 0 amide bonds. The molecule has 1 aromatic heterocycles. The van der Waals surface area contributed by atoms with E-state index in [4.69, 9.17) is 5.73 Å². The first kappa shape index (κ1) is 16.8. The molecule has 26 heavy (non-hydrogen) atoms. The van der Waals surface area contributed by atoms with Gasteiger partial charge in [0.05, 0.1) is 22.3 Å². The highest BCUT2D eigenvalue weighted by molar-refractivity contribution is 6.01. The van der Waals surface area contributed by atoms with Crippen LogP contribution in [0.5, 0.6) is 0 Å². The van der Waals surface area contributed by atoms with Crippen LogP contribution in [0.3, 0.4) is 0 Å². The maximum absolute atomic E-state index is 15.2.